The molecule has 0 radical (unpaired) electrons. The summed E-state index contributed by atoms with van der Waals surface area (Å²) in [5.41, 5.74) is 3.43. The van der Waals surface area contributed by atoms with Crippen molar-refractivity contribution in [2.75, 3.05) is 10.6 Å². The van der Waals surface area contributed by atoms with Gasteiger partial charge in [0.1, 0.15) is 5.00 Å². The number of thiophene rings is 1. The van der Waals surface area contributed by atoms with E-state index in [4.69, 9.17) is 0 Å². The van der Waals surface area contributed by atoms with Crippen molar-refractivity contribution in [3.63, 3.8) is 0 Å². The third-order valence-electron chi connectivity index (χ3n) is 5.65. The fourth-order valence-corrected chi connectivity index (χ4v) is 5.51. The van der Waals surface area contributed by atoms with Crippen LogP contribution in [0.3, 0.4) is 0 Å². The lowest BCUT2D eigenvalue weighted by atomic mass is 10.1. The molecule has 154 valence electrons. The topological polar surface area (TPSA) is 58.2 Å². The summed E-state index contributed by atoms with van der Waals surface area (Å²) in [7, 11) is 0. The molecule has 2 amide bonds. The third-order valence-corrected chi connectivity index (χ3v) is 6.85. The number of anilines is 2. The first kappa shape index (κ1) is 19.5. The smallest absolute Gasteiger partial charge is 0.258 e. The number of carbonyl (C=O) groups excluding carboxylic acids is 2. The Kier molecular flexibility index (Phi) is 5.26. The molecule has 0 saturated carbocycles. The SMILES string of the molecule is O=C(Cc1ccccc1)Nc1sc2c(c1C(=O)Nc1cccc3ccccc13)CCC2. The number of rotatable bonds is 5. The largest absolute Gasteiger partial charge is 0.321 e. The molecule has 0 saturated heterocycles. The molecule has 4 nitrogen and oxygen atoms in total. The molecule has 4 aromatic rings. The van der Waals surface area contributed by atoms with Crippen LogP contribution in [0, 0.1) is 0 Å². The molecule has 0 spiro atoms. The van der Waals surface area contributed by atoms with Crippen molar-refractivity contribution < 1.29 is 9.59 Å². The van der Waals surface area contributed by atoms with Crippen LogP contribution >= 0.6 is 11.3 Å². The Hall–Kier alpha value is -3.44. The number of hydrogen-bond acceptors (Lipinski definition) is 3. The average molecular weight is 427 g/mol. The zero-order valence-corrected chi connectivity index (χ0v) is 17.8. The van der Waals surface area contributed by atoms with Gasteiger partial charge in [-0.05, 0) is 41.8 Å². The molecule has 1 heterocycles. The summed E-state index contributed by atoms with van der Waals surface area (Å²) in [6.07, 6.45) is 3.17. The van der Waals surface area contributed by atoms with E-state index in [9.17, 15) is 9.59 Å². The molecule has 0 fully saturated rings. The van der Waals surface area contributed by atoms with Crippen LogP contribution in [0.15, 0.2) is 72.8 Å². The van der Waals surface area contributed by atoms with Crippen LogP contribution in [0.4, 0.5) is 10.7 Å². The van der Waals surface area contributed by atoms with E-state index in [1.807, 2.05) is 72.8 Å². The average Bonchev–Trinajstić information content (AvgIpc) is 3.35. The van der Waals surface area contributed by atoms with Gasteiger partial charge in [0.05, 0.1) is 12.0 Å². The van der Waals surface area contributed by atoms with Crippen LogP contribution in [0.2, 0.25) is 0 Å². The number of aryl methyl sites for hydroxylation is 1. The lowest BCUT2D eigenvalue weighted by molar-refractivity contribution is -0.115. The molecule has 5 rings (SSSR count). The summed E-state index contributed by atoms with van der Waals surface area (Å²) >= 11 is 1.54. The van der Waals surface area contributed by atoms with Gasteiger partial charge >= 0.3 is 0 Å². The van der Waals surface area contributed by atoms with E-state index < -0.39 is 0 Å². The summed E-state index contributed by atoms with van der Waals surface area (Å²) in [4.78, 5) is 27.3. The Morgan fingerprint density at radius 1 is 0.839 bits per heavy atom. The zero-order chi connectivity index (χ0) is 21.2. The van der Waals surface area contributed by atoms with Crippen molar-refractivity contribution >= 4 is 44.6 Å². The van der Waals surface area contributed by atoms with E-state index >= 15 is 0 Å². The number of amides is 2. The second-order valence-electron chi connectivity index (χ2n) is 7.75. The molecule has 2 N–H and O–H groups in total. The molecular weight excluding hydrogens is 404 g/mol. The summed E-state index contributed by atoms with van der Waals surface area (Å²) in [5.74, 6) is -0.268. The van der Waals surface area contributed by atoms with Crippen LogP contribution < -0.4 is 10.6 Å². The second-order valence-corrected chi connectivity index (χ2v) is 8.86. The number of hydrogen-bond donors (Lipinski definition) is 2. The molecule has 0 aliphatic heterocycles. The summed E-state index contributed by atoms with van der Waals surface area (Å²) in [6, 6.07) is 23.5. The molecule has 0 bridgehead atoms. The van der Waals surface area contributed by atoms with Gasteiger partial charge in [0.25, 0.3) is 5.91 Å². The number of benzene rings is 3. The van der Waals surface area contributed by atoms with Crippen molar-refractivity contribution in [3.05, 3.63) is 94.4 Å². The summed E-state index contributed by atoms with van der Waals surface area (Å²) in [5, 5.41) is 8.84. The molecule has 31 heavy (non-hydrogen) atoms. The molecule has 1 aliphatic carbocycles. The lowest BCUT2D eigenvalue weighted by Crippen LogP contribution is -2.19. The van der Waals surface area contributed by atoms with Crippen LogP contribution in [0.1, 0.15) is 32.8 Å². The maximum absolute atomic E-state index is 13.4. The highest BCUT2D eigenvalue weighted by Crippen LogP contribution is 2.39. The van der Waals surface area contributed by atoms with E-state index in [0.29, 0.717) is 10.6 Å². The van der Waals surface area contributed by atoms with Gasteiger partial charge in [0, 0.05) is 16.0 Å². The van der Waals surface area contributed by atoms with E-state index in [1.54, 1.807) is 0 Å². The summed E-state index contributed by atoms with van der Waals surface area (Å²) < 4.78 is 0. The van der Waals surface area contributed by atoms with E-state index in [2.05, 4.69) is 10.6 Å². The highest BCUT2D eigenvalue weighted by atomic mass is 32.1. The fraction of sp³-hybridized carbons (Fsp3) is 0.154. The molecule has 3 aromatic carbocycles. The molecule has 0 unspecified atom stereocenters. The molecule has 1 aliphatic rings. The van der Waals surface area contributed by atoms with E-state index in [-0.39, 0.29) is 18.2 Å². The molecule has 5 heteroatoms. The van der Waals surface area contributed by atoms with Crippen LogP contribution in [-0.4, -0.2) is 11.8 Å². The maximum atomic E-state index is 13.4. The first-order valence-electron chi connectivity index (χ1n) is 10.5. The van der Waals surface area contributed by atoms with Crippen LogP contribution in [0.25, 0.3) is 10.8 Å². The number of nitrogens with one attached hydrogen (secondary N) is 2. The molecule has 0 atom stereocenters. The second kappa shape index (κ2) is 8.36. The van der Waals surface area contributed by atoms with Gasteiger partial charge in [-0.3, -0.25) is 9.59 Å². The predicted molar refractivity (Wildman–Crippen MR) is 127 cm³/mol. The minimum absolute atomic E-state index is 0.106. The Morgan fingerprint density at radius 3 is 2.48 bits per heavy atom. The Bertz CT molecular complexity index is 1270. The van der Waals surface area contributed by atoms with Gasteiger partial charge in [-0.15, -0.1) is 11.3 Å². The fourth-order valence-electron chi connectivity index (χ4n) is 4.20. The quantitative estimate of drug-likeness (QED) is 0.422. The first-order valence-corrected chi connectivity index (χ1v) is 11.3. The van der Waals surface area contributed by atoms with Gasteiger partial charge in [-0.1, -0.05) is 66.7 Å². The molecular formula is C26H22N2O2S. The van der Waals surface area contributed by atoms with Crippen molar-refractivity contribution in [2.24, 2.45) is 0 Å². The maximum Gasteiger partial charge on any atom is 0.258 e. The van der Waals surface area contributed by atoms with Crippen molar-refractivity contribution in [1.29, 1.82) is 0 Å². The predicted octanol–water partition coefficient (Wildman–Crippen LogP) is 5.82. The van der Waals surface area contributed by atoms with Crippen molar-refractivity contribution in [2.45, 2.75) is 25.7 Å². The van der Waals surface area contributed by atoms with E-state index in [1.165, 1.54) is 16.2 Å². The van der Waals surface area contributed by atoms with Crippen LogP contribution in [0.5, 0.6) is 0 Å². The first-order chi connectivity index (χ1) is 15.2. The monoisotopic (exact) mass is 426 g/mol. The van der Waals surface area contributed by atoms with Gasteiger partial charge in [-0.25, -0.2) is 0 Å². The highest BCUT2D eigenvalue weighted by Gasteiger charge is 2.27. The van der Waals surface area contributed by atoms with Gasteiger partial charge < -0.3 is 10.6 Å². The van der Waals surface area contributed by atoms with Crippen molar-refractivity contribution in [1.82, 2.24) is 0 Å². The van der Waals surface area contributed by atoms with Gasteiger partial charge in [-0.2, -0.15) is 0 Å². The van der Waals surface area contributed by atoms with Crippen LogP contribution in [-0.2, 0) is 24.1 Å². The van der Waals surface area contributed by atoms with E-state index in [0.717, 1.165) is 46.8 Å². The minimum atomic E-state index is -0.161. The Balaban J connectivity index is 1.43. The number of carbonyl (C=O) groups is 2. The Morgan fingerprint density at radius 2 is 1.61 bits per heavy atom. The third kappa shape index (κ3) is 3.97. The summed E-state index contributed by atoms with van der Waals surface area (Å²) in [6.45, 7) is 0. The normalized spacial score (nSPS) is 12.5. The molecule has 1 aromatic heterocycles. The standard InChI is InChI=1S/C26H22N2O2S/c29-23(16-17-8-2-1-3-9-17)28-26-24(20-13-7-15-22(20)31-26)25(30)27-21-14-6-11-18-10-4-5-12-19(18)21/h1-6,8-12,14H,7,13,15-16H2,(H,27,30)(H,28,29). The number of fused-ring (bicyclic) bond motifs is 2. The Labute approximate surface area is 184 Å². The highest BCUT2D eigenvalue weighted by molar-refractivity contribution is 7.17. The van der Waals surface area contributed by atoms with Crippen molar-refractivity contribution in [3.8, 4) is 0 Å². The lowest BCUT2D eigenvalue weighted by Gasteiger charge is -2.11. The van der Waals surface area contributed by atoms with Gasteiger partial charge in [0.2, 0.25) is 5.91 Å². The minimum Gasteiger partial charge on any atom is -0.321 e. The zero-order valence-electron chi connectivity index (χ0n) is 17.0. The van der Waals surface area contributed by atoms with Gasteiger partial charge in [0.15, 0.2) is 0 Å².